The number of imide groups is 1. The number of Topliss-reactive ketones (excluding diaryl/α,β-unsaturated/α-hetero) is 1. The van der Waals surface area contributed by atoms with Gasteiger partial charge in [-0.3, -0.25) is 14.4 Å². The Labute approximate surface area is 129 Å². The molecule has 0 N–H and O–H groups in total. The molecule has 0 aromatic rings. The average Bonchev–Trinajstić information content (AvgIpc) is 2.89. The topological polar surface area (TPSA) is 97.8 Å². The number of ketones is 1. The van der Waals surface area contributed by atoms with Gasteiger partial charge in [-0.25, -0.2) is 0 Å². The third-order valence-corrected chi connectivity index (χ3v) is 6.98. The van der Waals surface area contributed by atoms with Crippen LogP contribution in [0.15, 0.2) is 0 Å². The zero-order valence-corrected chi connectivity index (χ0v) is 13.4. The summed E-state index contributed by atoms with van der Waals surface area (Å²) in [6.45, 7) is 3.83. The van der Waals surface area contributed by atoms with E-state index >= 15 is 0 Å². The first-order valence-corrected chi connectivity index (χ1v) is 8.98. The van der Waals surface area contributed by atoms with Gasteiger partial charge in [0.05, 0.1) is 11.2 Å². The molecule has 2 saturated carbocycles. The van der Waals surface area contributed by atoms with E-state index in [1.165, 1.54) is 0 Å². The van der Waals surface area contributed by atoms with Crippen LogP contribution in [0.3, 0.4) is 0 Å². The van der Waals surface area contributed by atoms with Gasteiger partial charge in [0.1, 0.15) is 5.78 Å². The lowest BCUT2D eigenvalue weighted by molar-refractivity contribution is -0.163. The van der Waals surface area contributed by atoms with Gasteiger partial charge in [0, 0.05) is 19.3 Å². The largest absolute Gasteiger partial charge is 0.299 e. The number of carbonyl (C=O) groups excluding carboxylic acids is 3. The summed E-state index contributed by atoms with van der Waals surface area (Å²) in [6.07, 6.45) is 1.62. The summed E-state index contributed by atoms with van der Waals surface area (Å²) in [7, 11) is -4.20. The summed E-state index contributed by atoms with van der Waals surface area (Å²) in [5.74, 6) is -1.66. The highest BCUT2D eigenvalue weighted by Crippen LogP contribution is 2.64. The van der Waals surface area contributed by atoms with Crippen molar-refractivity contribution in [1.82, 2.24) is 5.06 Å². The number of carbonyl (C=O) groups is 3. The van der Waals surface area contributed by atoms with Gasteiger partial charge < -0.3 is 0 Å². The fourth-order valence-corrected chi connectivity index (χ4v) is 5.92. The Kier molecular flexibility index (Phi) is 3.27. The lowest BCUT2D eigenvalue weighted by atomic mass is 9.70. The number of nitrogens with zero attached hydrogens (tertiary/aromatic N) is 1. The second kappa shape index (κ2) is 4.61. The van der Waals surface area contributed by atoms with E-state index in [0.29, 0.717) is 17.9 Å². The molecule has 2 atom stereocenters. The molecule has 2 bridgehead atoms. The van der Waals surface area contributed by atoms with Gasteiger partial charge in [-0.15, -0.1) is 9.35 Å². The molecule has 2 unspecified atom stereocenters. The molecule has 1 aliphatic heterocycles. The standard InChI is InChI=1S/C14H19NO6S/c1-13(2)9-5-6-14(13,10(16)7-9)8-22(19,20)21-15-11(17)3-4-12(15)18/h9H,3-8H2,1-2H3. The van der Waals surface area contributed by atoms with E-state index in [-0.39, 0.29) is 24.5 Å². The Bertz CT molecular complexity index is 651. The van der Waals surface area contributed by atoms with Crippen LogP contribution in [0.2, 0.25) is 0 Å². The van der Waals surface area contributed by atoms with E-state index < -0.39 is 38.5 Å². The summed E-state index contributed by atoms with van der Waals surface area (Å²) >= 11 is 0. The molecule has 3 aliphatic rings. The SMILES string of the molecule is CC1(C)C2CCC1(CS(=O)(=O)ON1C(=O)CCC1=O)C(=O)C2. The van der Waals surface area contributed by atoms with E-state index in [2.05, 4.69) is 0 Å². The smallest absolute Gasteiger partial charge is 0.289 e. The van der Waals surface area contributed by atoms with E-state index in [1.807, 2.05) is 13.8 Å². The molecule has 0 aromatic carbocycles. The number of hydrogen-bond donors (Lipinski definition) is 0. The van der Waals surface area contributed by atoms with Crippen LogP contribution < -0.4 is 0 Å². The molecular formula is C14H19NO6S. The third-order valence-electron chi connectivity index (χ3n) is 5.76. The van der Waals surface area contributed by atoms with Crippen molar-refractivity contribution < 1.29 is 27.1 Å². The van der Waals surface area contributed by atoms with Crippen LogP contribution in [0.4, 0.5) is 0 Å². The second-order valence-electron chi connectivity index (χ2n) is 7.03. The minimum absolute atomic E-state index is 0.0496. The van der Waals surface area contributed by atoms with E-state index in [1.54, 1.807) is 0 Å². The van der Waals surface area contributed by atoms with Crippen LogP contribution in [0.25, 0.3) is 0 Å². The summed E-state index contributed by atoms with van der Waals surface area (Å²) in [5, 5.41) is 0.324. The maximum absolute atomic E-state index is 12.3. The third kappa shape index (κ3) is 2.04. The molecule has 0 spiro atoms. The highest BCUT2D eigenvalue weighted by atomic mass is 32.2. The first-order valence-electron chi connectivity index (χ1n) is 7.40. The Morgan fingerprint density at radius 3 is 2.23 bits per heavy atom. The fraction of sp³-hybridized carbons (Fsp3) is 0.786. The van der Waals surface area contributed by atoms with Gasteiger partial charge in [0.25, 0.3) is 21.9 Å². The molecular weight excluding hydrogens is 310 g/mol. The lowest BCUT2D eigenvalue weighted by Gasteiger charge is -2.35. The molecule has 8 heteroatoms. The maximum atomic E-state index is 12.3. The van der Waals surface area contributed by atoms with Gasteiger partial charge in [0.2, 0.25) is 0 Å². The van der Waals surface area contributed by atoms with Crippen LogP contribution in [0.5, 0.6) is 0 Å². The van der Waals surface area contributed by atoms with Crippen LogP contribution in [-0.4, -0.2) is 36.8 Å². The Morgan fingerprint density at radius 2 is 1.77 bits per heavy atom. The second-order valence-corrected chi connectivity index (χ2v) is 8.58. The molecule has 1 heterocycles. The van der Waals surface area contributed by atoms with Crippen LogP contribution in [-0.2, 0) is 28.8 Å². The van der Waals surface area contributed by atoms with E-state index in [0.717, 1.165) is 6.42 Å². The molecule has 2 amide bonds. The summed E-state index contributed by atoms with van der Waals surface area (Å²) in [5.41, 5.74) is -1.39. The summed E-state index contributed by atoms with van der Waals surface area (Å²) in [6, 6.07) is 0. The van der Waals surface area contributed by atoms with Gasteiger partial charge >= 0.3 is 0 Å². The fourth-order valence-electron chi connectivity index (χ4n) is 4.19. The number of amides is 2. The minimum atomic E-state index is -4.20. The van der Waals surface area contributed by atoms with Crippen molar-refractivity contribution in [2.75, 3.05) is 5.75 Å². The first kappa shape index (κ1) is 15.6. The molecule has 0 aromatic heterocycles. The normalized spacial score (nSPS) is 34.0. The molecule has 0 radical (unpaired) electrons. The molecule has 22 heavy (non-hydrogen) atoms. The van der Waals surface area contributed by atoms with Crippen molar-refractivity contribution in [2.45, 2.75) is 46.0 Å². The predicted octanol–water partition coefficient (Wildman–Crippen LogP) is 0.792. The van der Waals surface area contributed by atoms with Crippen LogP contribution in [0, 0.1) is 16.7 Å². The van der Waals surface area contributed by atoms with Gasteiger partial charge in [-0.05, 0) is 24.2 Å². The molecule has 1 saturated heterocycles. The van der Waals surface area contributed by atoms with Gasteiger partial charge in [-0.1, -0.05) is 13.8 Å². The molecule has 7 nitrogen and oxygen atoms in total. The molecule has 3 fully saturated rings. The summed E-state index contributed by atoms with van der Waals surface area (Å²) in [4.78, 5) is 35.3. The number of hydroxylamine groups is 2. The van der Waals surface area contributed by atoms with Crippen molar-refractivity contribution in [3.05, 3.63) is 0 Å². The monoisotopic (exact) mass is 329 g/mol. The number of fused-ring (bicyclic) bond motifs is 2. The Balaban J connectivity index is 1.84. The van der Waals surface area contributed by atoms with Gasteiger partial charge in [0.15, 0.2) is 0 Å². The van der Waals surface area contributed by atoms with Crippen LogP contribution >= 0.6 is 0 Å². The Hall–Kier alpha value is -1.28. The van der Waals surface area contributed by atoms with Crippen LogP contribution in [0.1, 0.15) is 46.0 Å². The van der Waals surface area contributed by atoms with Gasteiger partial charge in [-0.2, -0.15) is 8.42 Å². The Morgan fingerprint density at radius 1 is 1.18 bits per heavy atom. The lowest BCUT2D eigenvalue weighted by Crippen LogP contribution is -2.44. The van der Waals surface area contributed by atoms with Crippen molar-refractivity contribution in [3.8, 4) is 0 Å². The number of rotatable bonds is 4. The maximum Gasteiger partial charge on any atom is 0.289 e. The highest BCUT2D eigenvalue weighted by molar-refractivity contribution is 7.86. The highest BCUT2D eigenvalue weighted by Gasteiger charge is 2.65. The zero-order valence-electron chi connectivity index (χ0n) is 12.6. The molecule has 2 aliphatic carbocycles. The molecule has 3 rings (SSSR count). The minimum Gasteiger partial charge on any atom is -0.299 e. The van der Waals surface area contributed by atoms with Crippen molar-refractivity contribution in [3.63, 3.8) is 0 Å². The zero-order chi connectivity index (χ0) is 16.3. The summed E-state index contributed by atoms with van der Waals surface area (Å²) < 4.78 is 29.4. The van der Waals surface area contributed by atoms with E-state index in [4.69, 9.17) is 4.28 Å². The first-order chi connectivity index (χ1) is 10.1. The van der Waals surface area contributed by atoms with Crippen molar-refractivity contribution >= 4 is 27.7 Å². The van der Waals surface area contributed by atoms with Crippen molar-refractivity contribution in [2.24, 2.45) is 16.7 Å². The van der Waals surface area contributed by atoms with E-state index in [9.17, 15) is 22.8 Å². The molecule has 122 valence electrons. The average molecular weight is 329 g/mol. The number of hydrogen-bond acceptors (Lipinski definition) is 6. The quantitative estimate of drug-likeness (QED) is 0.707. The predicted molar refractivity (Wildman–Crippen MR) is 74.5 cm³/mol. The van der Waals surface area contributed by atoms with Crippen molar-refractivity contribution in [1.29, 1.82) is 0 Å².